The first-order valence-corrected chi connectivity index (χ1v) is 8.70. The van der Waals surface area contributed by atoms with Crippen molar-refractivity contribution in [1.29, 1.82) is 0 Å². The van der Waals surface area contributed by atoms with E-state index in [1.807, 2.05) is 55.5 Å². The molecule has 1 aromatic heterocycles. The van der Waals surface area contributed by atoms with Crippen molar-refractivity contribution in [1.82, 2.24) is 5.43 Å². The average Bonchev–Trinajstić information content (AvgIpc) is 3.32. The predicted molar refractivity (Wildman–Crippen MR) is 101 cm³/mol. The van der Waals surface area contributed by atoms with E-state index < -0.39 is 0 Å². The van der Waals surface area contributed by atoms with E-state index in [2.05, 4.69) is 34.8 Å². The van der Waals surface area contributed by atoms with Crippen molar-refractivity contribution in [2.45, 2.75) is 18.8 Å². The molecule has 1 heterocycles. The summed E-state index contributed by atoms with van der Waals surface area (Å²) in [6.45, 7) is 1.87. The molecule has 0 spiro atoms. The second-order valence-electron chi connectivity index (χ2n) is 6.64. The maximum atomic E-state index is 12.7. The number of benzene rings is 2. The summed E-state index contributed by atoms with van der Waals surface area (Å²) in [7, 11) is 0. The molecule has 2 aromatic carbocycles. The Hall–Kier alpha value is -3.14. The minimum Gasteiger partial charge on any atom is -0.460 e. The van der Waals surface area contributed by atoms with Crippen molar-refractivity contribution in [2.75, 3.05) is 0 Å². The summed E-state index contributed by atoms with van der Waals surface area (Å²) in [5.74, 6) is 1.23. The van der Waals surface area contributed by atoms with E-state index >= 15 is 0 Å². The minimum absolute atomic E-state index is 0.0720. The lowest BCUT2D eigenvalue weighted by Crippen LogP contribution is -2.25. The molecule has 1 aliphatic rings. The van der Waals surface area contributed by atoms with Crippen molar-refractivity contribution >= 4 is 12.1 Å². The van der Waals surface area contributed by atoms with E-state index in [4.69, 9.17) is 4.42 Å². The standard InChI is InChI=1S/C22H20N2O2/c1-16-12-13-19(26-16)15-23-24-21(25)20-14-22(20,17-8-4-2-5-9-17)18-10-6-3-7-11-18/h2-13,15,20H,14H2,1H3,(H,24,25). The molecule has 1 amide bonds. The Bertz CT molecular complexity index is 890. The van der Waals surface area contributed by atoms with Crippen LogP contribution in [0.1, 0.15) is 29.1 Å². The van der Waals surface area contributed by atoms with E-state index in [0.717, 1.165) is 23.3 Å². The Labute approximate surface area is 152 Å². The minimum atomic E-state index is -0.274. The molecule has 1 aliphatic carbocycles. The molecule has 3 aromatic rings. The maximum absolute atomic E-state index is 12.7. The highest BCUT2D eigenvalue weighted by atomic mass is 16.3. The van der Waals surface area contributed by atoms with Gasteiger partial charge >= 0.3 is 0 Å². The topological polar surface area (TPSA) is 54.6 Å². The number of carbonyl (C=O) groups is 1. The number of furan rings is 1. The lowest BCUT2D eigenvalue weighted by molar-refractivity contribution is -0.122. The zero-order valence-electron chi connectivity index (χ0n) is 14.6. The quantitative estimate of drug-likeness (QED) is 0.561. The molecule has 1 atom stereocenters. The van der Waals surface area contributed by atoms with E-state index in [-0.39, 0.29) is 17.2 Å². The Morgan fingerprint density at radius 1 is 1.04 bits per heavy atom. The molecule has 4 nitrogen and oxygen atoms in total. The molecule has 26 heavy (non-hydrogen) atoms. The Morgan fingerprint density at radius 2 is 1.65 bits per heavy atom. The van der Waals surface area contributed by atoms with Gasteiger partial charge in [-0.2, -0.15) is 5.10 Å². The van der Waals surface area contributed by atoms with Crippen LogP contribution in [0.25, 0.3) is 0 Å². The van der Waals surface area contributed by atoms with Crippen molar-refractivity contribution in [3.63, 3.8) is 0 Å². The monoisotopic (exact) mass is 344 g/mol. The van der Waals surface area contributed by atoms with Gasteiger partial charge in [-0.3, -0.25) is 4.79 Å². The molecule has 130 valence electrons. The molecule has 4 rings (SSSR count). The Balaban J connectivity index is 1.55. The smallest absolute Gasteiger partial charge is 0.244 e. The van der Waals surface area contributed by atoms with Crippen LogP contribution in [-0.4, -0.2) is 12.1 Å². The van der Waals surface area contributed by atoms with Crippen molar-refractivity contribution < 1.29 is 9.21 Å². The van der Waals surface area contributed by atoms with Crippen LogP contribution in [0.15, 0.2) is 82.3 Å². The van der Waals surface area contributed by atoms with Gasteiger partial charge < -0.3 is 4.42 Å². The van der Waals surface area contributed by atoms with Crippen LogP contribution in [-0.2, 0) is 10.2 Å². The van der Waals surface area contributed by atoms with Crippen LogP contribution in [0, 0.1) is 12.8 Å². The summed E-state index contributed by atoms with van der Waals surface area (Å²) in [4.78, 5) is 12.7. The summed E-state index contributed by atoms with van der Waals surface area (Å²) in [6.07, 6.45) is 2.31. The number of hydrogen-bond donors (Lipinski definition) is 1. The molecule has 4 heteroatoms. The van der Waals surface area contributed by atoms with Gasteiger partial charge in [-0.1, -0.05) is 60.7 Å². The normalized spacial score (nSPS) is 18.0. The fourth-order valence-electron chi connectivity index (χ4n) is 3.62. The number of hydrazone groups is 1. The number of carbonyl (C=O) groups excluding carboxylic acids is 1. The van der Waals surface area contributed by atoms with Crippen LogP contribution >= 0.6 is 0 Å². The lowest BCUT2D eigenvalue weighted by atomic mass is 9.85. The summed E-state index contributed by atoms with van der Waals surface area (Å²) in [5.41, 5.74) is 4.72. The molecule has 0 bridgehead atoms. The van der Waals surface area contributed by atoms with Gasteiger partial charge in [0.15, 0.2) is 0 Å². The van der Waals surface area contributed by atoms with Crippen molar-refractivity contribution in [3.05, 3.63) is 95.4 Å². The van der Waals surface area contributed by atoms with Gasteiger partial charge in [0, 0.05) is 5.41 Å². The van der Waals surface area contributed by atoms with Crippen LogP contribution in [0.2, 0.25) is 0 Å². The molecule has 1 unspecified atom stereocenters. The predicted octanol–water partition coefficient (Wildman–Crippen LogP) is 4.04. The summed E-state index contributed by atoms with van der Waals surface area (Å²) in [6, 6.07) is 24.1. The van der Waals surface area contributed by atoms with E-state index in [1.54, 1.807) is 0 Å². The second kappa shape index (κ2) is 6.64. The van der Waals surface area contributed by atoms with E-state index in [0.29, 0.717) is 5.76 Å². The molecule has 0 radical (unpaired) electrons. The molecular weight excluding hydrogens is 324 g/mol. The molecule has 0 saturated heterocycles. The zero-order chi connectivity index (χ0) is 18.0. The summed E-state index contributed by atoms with van der Waals surface area (Å²) < 4.78 is 5.42. The molecule has 1 fully saturated rings. The molecule has 1 saturated carbocycles. The third-order valence-electron chi connectivity index (χ3n) is 4.98. The molecule has 1 N–H and O–H groups in total. The zero-order valence-corrected chi connectivity index (χ0v) is 14.6. The number of rotatable bonds is 5. The highest BCUT2D eigenvalue weighted by Gasteiger charge is 2.60. The first-order valence-electron chi connectivity index (χ1n) is 8.70. The first kappa shape index (κ1) is 16.3. The van der Waals surface area contributed by atoms with Crippen molar-refractivity contribution in [3.8, 4) is 0 Å². The fourth-order valence-corrected chi connectivity index (χ4v) is 3.62. The van der Waals surface area contributed by atoms with Crippen LogP contribution in [0.3, 0.4) is 0 Å². The van der Waals surface area contributed by atoms with Crippen LogP contribution < -0.4 is 5.43 Å². The number of hydrogen-bond acceptors (Lipinski definition) is 3. The van der Waals surface area contributed by atoms with Gasteiger partial charge in [-0.25, -0.2) is 5.43 Å². The Morgan fingerprint density at radius 3 is 2.19 bits per heavy atom. The summed E-state index contributed by atoms with van der Waals surface area (Å²) in [5, 5.41) is 4.05. The second-order valence-corrected chi connectivity index (χ2v) is 6.64. The third-order valence-corrected chi connectivity index (χ3v) is 4.98. The average molecular weight is 344 g/mol. The van der Waals surface area contributed by atoms with Gasteiger partial charge in [0.05, 0.1) is 12.1 Å². The SMILES string of the molecule is Cc1ccc(C=NNC(=O)C2CC2(c2ccccc2)c2ccccc2)o1. The van der Waals surface area contributed by atoms with Gasteiger partial charge in [-0.05, 0) is 36.6 Å². The first-order chi connectivity index (χ1) is 12.7. The lowest BCUT2D eigenvalue weighted by Gasteiger charge is -2.18. The van der Waals surface area contributed by atoms with Gasteiger partial charge in [0.1, 0.15) is 11.5 Å². The number of nitrogens with one attached hydrogen (secondary N) is 1. The van der Waals surface area contributed by atoms with E-state index in [1.165, 1.54) is 6.21 Å². The number of nitrogens with zero attached hydrogens (tertiary/aromatic N) is 1. The van der Waals surface area contributed by atoms with Crippen LogP contribution in [0.5, 0.6) is 0 Å². The molecular formula is C22H20N2O2. The molecule has 0 aliphatic heterocycles. The summed E-state index contributed by atoms with van der Waals surface area (Å²) >= 11 is 0. The largest absolute Gasteiger partial charge is 0.460 e. The maximum Gasteiger partial charge on any atom is 0.244 e. The van der Waals surface area contributed by atoms with Gasteiger partial charge in [0.2, 0.25) is 5.91 Å². The highest BCUT2D eigenvalue weighted by molar-refractivity contribution is 5.87. The Kier molecular flexibility index (Phi) is 4.17. The van der Waals surface area contributed by atoms with Gasteiger partial charge in [0.25, 0.3) is 0 Å². The van der Waals surface area contributed by atoms with Crippen molar-refractivity contribution in [2.24, 2.45) is 11.0 Å². The van der Waals surface area contributed by atoms with E-state index in [9.17, 15) is 4.79 Å². The number of amides is 1. The number of aryl methyl sites for hydroxylation is 1. The fraction of sp³-hybridized carbons (Fsp3) is 0.182. The van der Waals surface area contributed by atoms with Crippen LogP contribution in [0.4, 0.5) is 0 Å². The van der Waals surface area contributed by atoms with Gasteiger partial charge in [-0.15, -0.1) is 0 Å². The highest BCUT2D eigenvalue weighted by Crippen LogP contribution is 2.58. The third kappa shape index (κ3) is 2.94.